The zero-order valence-corrected chi connectivity index (χ0v) is 17.5. The number of benzene rings is 2. The summed E-state index contributed by atoms with van der Waals surface area (Å²) in [7, 11) is 2.16. The summed E-state index contributed by atoms with van der Waals surface area (Å²) in [5.74, 6) is 0.392. The van der Waals surface area contributed by atoms with E-state index in [9.17, 15) is 4.79 Å². The quantitative estimate of drug-likeness (QED) is 0.707. The van der Waals surface area contributed by atoms with Crippen LogP contribution in [0.4, 0.5) is 11.4 Å². The van der Waals surface area contributed by atoms with E-state index >= 15 is 0 Å². The van der Waals surface area contributed by atoms with E-state index < -0.39 is 0 Å². The van der Waals surface area contributed by atoms with Crippen LogP contribution in [-0.4, -0.2) is 23.7 Å². The summed E-state index contributed by atoms with van der Waals surface area (Å²) in [5.41, 5.74) is 4.66. The highest BCUT2D eigenvalue weighted by Crippen LogP contribution is 2.43. The molecule has 0 bridgehead atoms. The van der Waals surface area contributed by atoms with Crippen molar-refractivity contribution in [1.29, 1.82) is 0 Å². The van der Waals surface area contributed by atoms with Crippen molar-refractivity contribution < 1.29 is 4.79 Å². The lowest BCUT2D eigenvalue weighted by atomic mass is 9.80. The van der Waals surface area contributed by atoms with Crippen LogP contribution in [0.1, 0.15) is 44.2 Å². The molecule has 5 heteroatoms. The van der Waals surface area contributed by atoms with Gasteiger partial charge in [-0.05, 0) is 79.4 Å². The number of thioether (sulfide) groups is 1. The standard InChI is InChI=1S/C23H25N3OS/c1-15-14-23(2,3)26(4)19-11-10-16(12-18(15)19)13-20-21(27)25-22(28-20)24-17-8-6-5-7-9-17/h5-13,15H,14H2,1-4H3,(H,24,25,27)/b20-13+. The largest absolute Gasteiger partial charge is 0.369 e. The van der Waals surface area contributed by atoms with Crippen molar-refractivity contribution in [3.63, 3.8) is 0 Å². The number of fused-ring (bicyclic) bond motifs is 1. The van der Waals surface area contributed by atoms with Gasteiger partial charge in [0.25, 0.3) is 5.91 Å². The SMILES string of the molecule is CC1CC(C)(C)N(C)c2ccc(/C=C3/SC(=Nc4ccccc4)NC3=O)cc21. The monoisotopic (exact) mass is 391 g/mol. The maximum absolute atomic E-state index is 12.4. The topological polar surface area (TPSA) is 44.7 Å². The average molecular weight is 392 g/mol. The van der Waals surface area contributed by atoms with Crippen LogP contribution >= 0.6 is 11.8 Å². The van der Waals surface area contributed by atoms with Gasteiger partial charge in [0, 0.05) is 18.3 Å². The van der Waals surface area contributed by atoms with Crippen molar-refractivity contribution in [1.82, 2.24) is 5.32 Å². The van der Waals surface area contributed by atoms with E-state index in [1.54, 1.807) is 0 Å². The Labute approximate surface area is 170 Å². The molecule has 2 heterocycles. The van der Waals surface area contributed by atoms with Crippen LogP contribution in [0.25, 0.3) is 6.08 Å². The van der Waals surface area contributed by atoms with E-state index in [1.165, 1.54) is 23.0 Å². The summed E-state index contributed by atoms with van der Waals surface area (Å²) in [6, 6.07) is 16.2. The first-order valence-corrected chi connectivity index (χ1v) is 10.4. The molecule has 2 aliphatic rings. The lowest BCUT2D eigenvalue weighted by Gasteiger charge is -2.45. The van der Waals surface area contributed by atoms with E-state index in [0.717, 1.165) is 17.7 Å². The molecule has 1 saturated heterocycles. The Morgan fingerprint density at radius 1 is 1.21 bits per heavy atom. The molecule has 4 rings (SSSR count). The van der Waals surface area contributed by atoms with E-state index in [-0.39, 0.29) is 11.4 Å². The second-order valence-corrected chi connectivity index (χ2v) is 9.14. The molecule has 0 saturated carbocycles. The summed E-state index contributed by atoms with van der Waals surface area (Å²) >= 11 is 1.39. The van der Waals surface area contributed by atoms with Crippen molar-refractivity contribution in [3.8, 4) is 0 Å². The van der Waals surface area contributed by atoms with Gasteiger partial charge in [-0.2, -0.15) is 0 Å². The van der Waals surface area contributed by atoms with Gasteiger partial charge in [0.15, 0.2) is 5.17 Å². The molecule has 2 aromatic carbocycles. The fourth-order valence-corrected chi connectivity index (χ4v) is 4.78. The lowest BCUT2D eigenvalue weighted by Crippen LogP contribution is -2.45. The van der Waals surface area contributed by atoms with Crippen LogP contribution in [0, 0.1) is 0 Å². The van der Waals surface area contributed by atoms with Crippen molar-refractivity contribution in [2.45, 2.75) is 38.6 Å². The Kier molecular flexibility index (Phi) is 4.79. The maximum atomic E-state index is 12.4. The molecule has 1 unspecified atom stereocenters. The fraction of sp³-hybridized carbons (Fsp3) is 0.304. The van der Waals surface area contributed by atoms with Gasteiger partial charge in [-0.15, -0.1) is 0 Å². The number of amides is 1. The summed E-state index contributed by atoms with van der Waals surface area (Å²) < 4.78 is 0. The zero-order chi connectivity index (χ0) is 19.9. The Balaban J connectivity index is 1.61. The molecule has 0 aliphatic carbocycles. The lowest BCUT2D eigenvalue weighted by molar-refractivity contribution is -0.115. The van der Waals surface area contributed by atoms with E-state index in [1.807, 2.05) is 36.4 Å². The highest BCUT2D eigenvalue weighted by molar-refractivity contribution is 8.18. The van der Waals surface area contributed by atoms with Gasteiger partial charge in [0.05, 0.1) is 10.6 Å². The molecule has 0 radical (unpaired) electrons. The second-order valence-electron chi connectivity index (χ2n) is 8.11. The van der Waals surface area contributed by atoms with E-state index in [0.29, 0.717) is 16.0 Å². The first-order valence-electron chi connectivity index (χ1n) is 9.56. The van der Waals surface area contributed by atoms with Crippen LogP contribution in [0.2, 0.25) is 0 Å². The summed E-state index contributed by atoms with van der Waals surface area (Å²) in [4.78, 5) is 19.9. The third-order valence-corrected chi connectivity index (χ3v) is 6.50. The Bertz CT molecular complexity index is 979. The minimum atomic E-state index is -0.0938. The molecule has 144 valence electrons. The normalized spacial score (nSPS) is 23.8. The molecular weight excluding hydrogens is 366 g/mol. The Morgan fingerprint density at radius 3 is 2.71 bits per heavy atom. The highest BCUT2D eigenvalue weighted by atomic mass is 32.2. The number of carbonyl (C=O) groups excluding carboxylic acids is 1. The molecule has 28 heavy (non-hydrogen) atoms. The molecule has 1 fully saturated rings. The molecule has 1 atom stereocenters. The van der Waals surface area contributed by atoms with Crippen molar-refractivity contribution in [3.05, 3.63) is 64.6 Å². The summed E-state index contributed by atoms with van der Waals surface area (Å²) in [6.45, 7) is 6.86. The molecule has 1 amide bonds. The third-order valence-electron chi connectivity index (χ3n) is 5.59. The predicted molar refractivity (Wildman–Crippen MR) is 119 cm³/mol. The molecule has 2 aliphatic heterocycles. The Hall–Kier alpha value is -2.53. The predicted octanol–water partition coefficient (Wildman–Crippen LogP) is 5.30. The molecule has 4 nitrogen and oxygen atoms in total. The van der Waals surface area contributed by atoms with Crippen molar-refractivity contribution in [2.24, 2.45) is 4.99 Å². The number of para-hydroxylation sites is 1. The molecule has 2 aromatic rings. The first kappa shape index (κ1) is 18.8. The van der Waals surface area contributed by atoms with Crippen LogP contribution in [0.3, 0.4) is 0 Å². The number of nitrogens with one attached hydrogen (secondary N) is 1. The van der Waals surface area contributed by atoms with Crippen molar-refractivity contribution in [2.75, 3.05) is 11.9 Å². The van der Waals surface area contributed by atoms with Gasteiger partial charge in [0.2, 0.25) is 0 Å². The highest BCUT2D eigenvalue weighted by Gasteiger charge is 2.34. The first-order chi connectivity index (χ1) is 13.3. The van der Waals surface area contributed by atoms with Crippen LogP contribution < -0.4 is 10.2 Å². The van der Waals surface area contributed by atoms with Gasteiger partial charge < -0.3 is 10.2 Å². The van der Waals surface area contributed by atoms with Gasteiger partial charge in [0.1, 0.15) is 0 Å². The van der Waals surface area contributed by atoms with Gasteiger partial charge >= 0.3 is 0 Å². The number of aliphatic imine (C=N–C) groups is 1. The molecule has 1 N–H and O–H groups in total. The molecular formula is C23H25N3OS. The smallest absolute Gasteiger partial charge is 0.264 e. The van der Waals surface area contributed by atoms with E-state index in [4.69, 9.17) is 0 Å². The zero-order valence-electron chi connectivity index (χ0n) is 16.7. The third kappa shape index (κ3) is 3.59. The Morgan fingerprint density at radius 2 is 1.96 bits per heavy atom. The van der Waals surface area contributed by atoms with Crippen molar-refractivity contribution >= 4 is 40.3 Å². The molecule has 0 aromatic heterocycles. The second kappa shape index (κ2) is 7.13. The number of hydrogen-bond donors (Lipinski definition) is 1. The summed E-state index contributed by atoms with van der Waals surface area (Å²) in [6.07, 6.45) is 3.07. The van der Waals surface area contributed by atoms with Gasteiger partial charge in [-0.3, -0.25) is 4.79 Å². The number of rotatable bonds is 2. The minimum absolute atomic E-state index is 0.0938. The number of anilines is 1. The number of carbonyl (C=O) groups is 1. The minimum Gasteiger partial charge on any atom is -0.369 e. The van der Waals surface area contributed by atoms with Crippen LogP contribution in [-0.2, 0) is 4.79 Å². The van der Waals surface area contributed by atoms with Crippen LogP contribution in [0.5, 0.6) is 0 Å². The van der Waals surface area contributed by atoms with Gasteiger partial charge in [-0.25, -0.2) is 4.99 Å². The maximum Gasteiger partial charge on any atom is 0.264 e. The van der Waals surface area contributed by atoms with Gasteiger partial charge in [-0.1, -0.05) is 31.2 Å². The number of nitrogens with zero attached hydrogens (tertiary/aromatic N) is 2. The molecule has 0 spiro atoms. The summed E-state index contributed by atoms with van der Waals surface area (Å²) in [5, 5.41) is 3.48. The fourth-order valence-electron chi connectivity index (χ4n) is 3.94. The number of amidine groups is 1. The van der Waals surface area contributed by atoms with E-state index in [2.05, 4.69) is 61.2 Å². The average Bonchev–Trinajstić information content (AvgIpc) is 2.99. The van der Waals surface area contributed by atoms with Crippen LogP contribution in [0.15, 0.2) is 58.4 Å². The number of hydrogen-bond acceptors (Lipinski definition) is 4.